The molecule has 0 fully saturated rings. The molecule has 16 heavy (non-hydrogen) atoms. The first-order valence-corrected chi connectivity index (χ1v) is 6.93. The number of aliphatic hydroxyl groups excluding tert-OH is 1. The van der Waals surface area contributed by atoms with Gasteiger partial charge in [-0.15, -0.1) is 0 Å². The third kappa shape index (κ3) is 7.25. The van der Waals surface area contributed by atoms with Gasteiger partial charge in [-0.1, -0.05) is 39.0 Å². The van der Waals surface area contributed by atoms with Gasteiger partial charge < -0.3 is 9.84 Å². The van der Waals surface area contributed by atoms with Crippen LogP contribution in [0.1, 0.15) is 40.5 Å². The molecule has 0 aromatic rings. The zero-order valence-corrected chi connectivity index (χ0v) is 11.5. The monoisotopic (exact) mass is 248 g/mol. The second-order valence-electron chi connectivity index (χ2n) is 4.40. The molecular weight excluding hydrogens is 224 g/mol. The third-order valence-electron chi connectivity index (χ3n) is 2.12. The predicted octanol–water partition coefficient (Wildman–Crippen LogP) is 2.47. The van der Waals surface area contributed by atoms with E-state index in [1.807, 2.05) is 13.8 Å². The van der Waals surface area contributed by atoms with Crippen molar-refractivity contribution in [3.63, 3.8) is 0 Å². The maximum absolute atomic E-state index is 11.5. The zero-order chi connectivity index (χ0) is 12.6. The molecule has 4 heteroatoms. The Morgan fingerprint density at radius 2 is 2.00 bits per heavy atom. The van der Waals surface area contributed by atoms with E-state index in [2.05, 4.69) is 6.92 Å². The van der Waals surface area contributed by atoms with Crippen LogP contribution in [0.25, 0.3) is 0 Å². The molecule has 0 radical (unpaired) electrons. The summed E-state index contributed by atoms with van der Waals surface area (Å²) in [6, 6.07) is 0. The number of rotatable bonds is 8. The molecule has 0 aliphatic heterocycles. The Labute approximate surface area is 103 Å². The lowest BCUT2D eigenvalue weighted by Crippen LogP contribution is -2.33. The van der Waals surface area contributed by atoms with E-state index in [4.69, 9.17) is 4.74 Å². The Bertz CT molecular complexity index is 195. The molecule has 0 spiro atoms. The first-order valence-electron chi connectivity index (χ1n) is 5.95. The Morgan fingerprint density at radius 1 is 1.38 bits per heavy atom. The van der Waals surface area contributed by atoms with Gasteiger partial charge in [0, 0.05) is 12.4 Å². The lowest BCUT2D eigenvalue weighted by molar-refractivity contribution is -0.126. The van der Waals surface area contributed by atoms with Gasteiger partial charge in [0.2, 0.25) is 5.12 Å². The highest BCUT2D eigenvalue weighted by molar-refractivity contribution is 8.13. The van der Waals surface area contributed by atoms with Crippen LogP contribution < -0.4 is 0 Å². The largest absolute Gasteiger partial charge is 0.382 e. The number of carbonyl (C=O) groups excluding carboxylic acids is 1. The normalized spacial score (nSPS) is 15.1. The first kappa shape index (κ1) is 15.9. The summed E-state index contributed by atoms with van der Waals surface area (Å²) in [4.78, 5) is 11.5. The van der Waals surface area contributed by atoms with Crippen molar-refractivity contribution in [2.75, 3.05) is 12.4 Å². The van der Waals surface area contributed by atoms with Crippen LogP contribution in [0.2, 0.25) is 0 Å². The zero-order valence-electron chi connectivity index (χ0n) is 10.7. The number of hydrogen-bond donors (Lipinski definition) is 1. The van der Waals surface area contributed by atoms with Crippen molar-refractivity contribution in [2.45, 2.75) is 52.7 Å². The van der Waals surface area contributed by atoms with Crippen molar-refractivity contribution < 1.29 is 14.6 Å². The van der Waals surface area contributed by atoms with E-state index in [1.165, 1.54) is 11.8 Å². The van der Waals surface area contributed by atoms with Crippen molar-refractivity contribution >= 4 is 16.9 Å². The topological polar surface area (TPSA) is 46.5 Å². The van der Waals surface area contributed by atoms with E-state index in [0.717, 1.165) is 18.6 Å². The lowest BCUT2D eigenvalue weighted by atomic mass is 10.2. The minimum absolute atomic E-state index is 0.176. The summed E-state index contributed by atoms with van der Waals surface area (Å²) >= 11 is 1.20. The summed E-state index contributed by atoms with van der Waals surface area (Å²) < 4.78 is 5.41. The van der Waals surface area contributed by atoms with E-state index < -0.39 is 12.2 Å². The summed E-state index contributed by atoms with van der Waals surface area (Å²) in [5.74, 6) is 1.20. The van der Waals surface area contributed by atoms with E-state index in [0.29, 0.717) is 12.5 Å². The van der Waals surface area contributed by atoms with Crippen molar-refractivity contribution in [3.05, 3.63) is 0 Å². The molecule has 0 heterocycles. The van der Waals surface area contributed by atoms with E-state index in [1.54, 1.807) is 6.92 Å². The predicted molar refractivity (Wildman–Crippen MR) is 68.6 cm³/mol. The molecule has 0 aliphatic rings. The summed E-state index contributed by atoms with van der Waals surface area (Å²) in [6.07, 6.45) is 0.657. The molecule has 0 saturated heterocycles. The molecule has 0 bridgehead atoms. The molecule has 96 valence electrons. The van der Waals surface area contributed by atoms with Gasteiger partial charge in [0.1, 0.15) is 6.10 Å². The Balaban J connectivity index is 3.82. The molecule has 2 atom stereocenters. The standard InChI is InChI=1S/C12H24O3S/c1-5-6-7-16-12(14)11(13)10(4)15-8-9(2)3/h9-11,13H,5-8H2,1-4H3/t10?,11-/m0/s1. The number of unbranched alkanes of at least 4 members (excludes halogenated alkanes) is 1. The van der Waals surface area contributed by atoms with Crippen LogP contribution in [0.4, 0.5) is 0 Å². The minimum atomic E-state index is -0.999. The van der Waals surface area contributed by atoms with Crippen LogP contribution in [0.5, 0.6) is 0 Å². The van der Waals surface area contributed by atoms with Crippen LogP contribution in [0.15, 0.2) is 0 Å². The molecule has 0 aromatic heterocycles. The fourth-order valence-electron chi connectivity index (χ4n) is 1.03. The second kappa shape index (κ2) is 9.02. The van der Waals surface area contributed by atoms with Crippen molar-refractivity contribution in [3.8, 4) is 0 Å². The molecule has 0 aliphatic carbocycles. The average molecular weight is 248 g/mol. The van der Waals surface area contributed by atoms with E-state index >= 15 is 0 Å². The van der Waals surface area contributed by atoms with E-state index in [9.17, 15) is 9.90 Å². The quantitative estimate of drug-likeness (QED) is 0.670. The van der Waals surface area contributed by atoms with Crippen LogP contribution in [-0.4, -0.2) is 34.8 Å². The van der Waals surface area contributed by atoms with Gasteiger partial charge in [-0.05, 0) is 19.3 Å². The smallest absolute Gasteiger partial charge is 0.220 e. The Kier molecular flexibility index (Phi) is 8.99. The summed E-state index contributed by atoms with van der Waals surface area (Å²) in [5, 5.41) is 9.53. The summed E-state index contributed by atoms with van der Waals surface area (Å²) in [5.41, 5.74) is 0. The molecule has 3 nitrogen and oxygen atoms in total. The van der Waals surface area contributed by atoms with E-state index in [-0.39, 0.29) is 5.12 Å². The molecule has 0 amide bonds. The highest BCUT2D eigenvalue weighted by atomic mass is 32.2. The minimum Gasteiger partial charge on any atom is -0.382 e. The number of ether oxygens (including phenoxy) is 1. The average Bonchev–Trinajstić information content (AvgIpc) is 2.24. The molecular formula is C12H24O3S. The molecule has 0 saturated carbocycles. The first-order chi connectivity index (χ1) is 7.49. The Hall–Kier alpha value is -0.0600. The third-order valence-corrected chi connectivity index (χ3v) is 3.14. The van der Waals surface area contributed by atoms with Gasteiger partial charge in [-0.3, -0.25) is 4.79 Å². The van der Waals surface area contributed by atoms with Crippen LogP contribution >= 0.6 is 11.8 Å². The van der Waals surface area contributed by atoms with Gasteiger partial charge >= 0.3 is 0 Å². The maximum Gasteiger partial charge on any atom is 0.220 e. The van der Waals surface area contributed by atoms with Crippen LogP contribution in [0, 0.1) is 5.92 Å². The highest BCUT2D eigenvalue weighted by Crippen LogP contribution is 2.13. The highest BCUT2D eigenvalue weighted by Gasteiger charge is 2.23. The molecule has 0 rings (SSSR count). The second-order valence-corrected chi connectivity index (χ2v) is 5.50. The maximum atomic E-state index is 11.5. The number of aliphatic hydroxyl groups is 1. The summed E-state index contributed by atoms with van der Waals surface area (Å²) in [7, 11) is 0. The van der Waals surface area contributed by atoms with Gasteiger partial charge in [-0.25, -0.2) is 0 Å². The molecule has 0 aromatic carbocycles. The van der Waals surface area contributed by atoms with Gasteiger partial charge in [0.15, 0.2) is 0 Å². The lowest BCUT2D eigenvalue weighted by Gasteiger charge is -2.19. The van der Waals surface area contributed by atoms with Gasteiger partial charge in [0.25, 0.3) is 0 Å². The van der Waals surface area contributed by atoms with Crippen molar-refractivity contribution in [2.24, 2.45) is 5.92 Å². The fraction of sp³-hybridized carbons (Fsp3) is 0.917. The molecule has 1 unspecified atom stereocenters. The fourth-order valence-corrected chi connectivity index (χ4v) is 2.03. The Morgan fingerprint density at radius 3 is 2.50 bits per heavy atom. The van der Waals surface area contributed by atoms with Crippen LogP contribution in [0.3, 0.4) is 0 Å². The van der Waals surface area contributed by atoms with Crippen LogP contribution in [-0.2, 0) is 9.53 Å². The molecule has 1 N–H and O–H groups in total. The summed E-state index contributed by atoms with van der Waals surface area (Å²) in [6.45, 7) is 8.47. The number of carbonyl (C=O) groups is 1. The number of thioether (sulfide) groups is 1. The van der Waals surface area contributed by atoms with Gasteiger partial charge in [-0.2, -0.15) is 0 Å². The SMILES string of the molecule is CCCCSC(=O)[C@@H](O)C(C)OCC(C)C. The van der Waals surface area contributed by atoms with Gasteiger partial charge in [0.05, 0.1) is 6.10 Å². The van der Waals surface area contributed by atoms with Crippen molar-refractivity contribution in [1.82, 2.24) is 0 Å². The number of hydrogen-bond acceptors (Lipinski definition) is 4. The van der Waals surface area contributed by atoms with Crippen molar-refractivity contribution in [1.29, 1.82) is 0 Å².